The number of nitro groups is 1. The number of halogens is 1. The molecular weight excluding hydrogens is 502 g/mol. The Balaban J connectivity index is 1.27. The summed E-state index contributed by atoms with van der Waals surface area (Å²) in [5.74, 6) is 1.18. The van der Waals surface area contributed by atoms with Crippen LogP contribution in [0.15, 0.2) is 66.7 Å². The average Bonchev–Trinajstić information content (AvgIpc) is 3.27. The Morgan fingerprint density at radius 2 is 1.87 bits per heavy atom. The molecule has 0 unspecified atom stereocenters. The first-order valence-corrected chi connectivity index (χ1v) is 13.3. The van der Waals surface area contributed by atoms with Crippen molar-refractivity contribution >= 4 is 39.9 Å². The molecule has 4 aromatic rings. The lowest BCUT2D eigenvalue weighted by molar-refractivity contribution is -0.384. The highest BCUT2D eigenvalue weighted by Gasteiger charge is 2.21. The van der Waals surface area contributed by atoms with Crippen molar-refractivity contribution in [2.45, 2.75) is 38.6 Å². The van der Waals surface area contributed by atoms with Crippen LogP contribution in [0.3, 0.4) is 0 Å². The molecule has 196 valence electrons. The quantitative estimate of drug-likeness (QED) is 0.207. The van der Waals surface area contributed by atoms with Crippen LogP contribution in [0.4, 0.5) is 11.4 Å². The number of benzene rings is 3. The van der Waals surface area contributed by atoms with Crippen LogP contribution >= 0.6 is 11.6 Å². The molecule has 0 saturated carbocycles. The first kappa shape index (κ1) is 25.9. The van der Waals surface area contributed by atoms with Crippen LogP contribution in [0.25, 0.3) is 22.4 Å². The van der Waals surface area contributed by atoms with E-state index in [1.807, 2.05) is 36.4 Å². The van der Waals surface area contributed by atoms with Crippen molar-refractivity contribution < 1.29 is 9.72 Å². The number of fused-ring (bicyclic) bond motifs is 1. The van der Waals surface area contributed by atoms with E-state index in [0.717, 1.165) is 67.0 Å². The van der Waals surface area contributed by atoms with Crippen LogP contribution in [-0.4, -0.2) is 44.9 Å². The molecule has 8 nitrogen and oxygen atoms in total. The third-order valence-corrected chi connectivity index (χ3v) is 7.38. The van der Waals surface area contributed by atoms with Crippen molar-refractivity contribution in [2.24, 2.45) is 0 Å². The van der Waals surface area contributed by atoms with Crippen LogP contribution in [-0.2, 0) is 11.3 Å². The molecule has 0 atom stereocenters. The second-order valence-corrected chi connectivity index (χ2v) is 10.2. The highest BCUT2D eigenvalue weighted by molar-refractivity contribution is 6.30. The molecular formula is C29H30ClN5O3. The predicted molar refractivity (Wildman–Crippen MR) is 151 cm³/mol. The Morgan fingerprint density at radius 1 is 1.08 bits per heavy atom. The molecule has 1 saturated heterocycles. The molecule has 0 radical (unpaired) electrons. The number of non-ortho nitro benzene ring substituents is 1. The number of nitrogens with one attached hydrogen (secondary N) is 1. The van der Waals surface area contributed by atoms with Gasteiger partial charge in [0.2, 0.25) is 5.91 Å². The normalized spacial score (nSPS) is 14.6. The molecule has 9 heteroatoms. The van der Waals surface area contributed by atoms with Gasteiger partial charge in [-0.1, -0.05) is 35.9 Å². The molecule has 0 bridgehead atoms. The van der Waals surface area contributed by atoms with E-state index in [-0.39, 0.29) is 16.5 Å². The van der Waals surface area contributed by atoms with Crippen molar-refractivity contribution in [3.63, 3.8) is 0 Å². The molecule has 1 N–H and O–H groups in total. The molecule has 5 rings (SSSR count). The summed E-state index contributed by atoms with van der Waals surface area (Å²) in [6.45, 7) is 5.16. The third-order valence-electron chi connectivity index (χ3n) is 7.15. The first-order chi connectivity index (χ1) is 18.4. The van der Waals surface area contributed by atoms with Gasteiger partial charge in [0.15, 0.2) is 0 Å². The number of aromatic nitrogens is 2. The molecule has 1 amide bonds. The molecule has 38 heavy (non-hydrogen) atoms. The van der Waals surface area contributed by atoms with Crippen molar-refractivity contribution in [2.75, 3.05) is 25.0 Å². The maximum absolute atomic E-state index is 11.4. The number of likely N-dealkylation sites (tertiary alicyclic amines) is 1. The summed E-state index contributed by atoms with van der Waals surface area (Å²) in [7, 11) is 0. The van der Waals surface area contributed by atoms with Crippen molar-refractivity contribution in [3.05, 3.63) is 87.4 Å². The van der Waals surface area contributed by atoms with E-state index in [9.17, 15) is 14.9 Å². The molecule has 0 aliphatic carbocycles. The number of piperidine rings is 1. The Morgan fingerprint density at radius 3 is 2.61 bits per heavy atom. The van der Waals surface area contributed by atoms with E-state index in [1.54, 1.807) is 12.1 Å². The van der Waals surface area contributed by atoms with E-state index >= 15 is 0 Å². The third kappa shape index (κ3) is 5.87. The fraction of sp³-hybridized carbons (Fsp3) is 0.310. The van der Waals surface area contributed by atoms with Gasteiger partial charge in [0, 0.05) is 41.9 Å². The molecule has 1 aromatic heterocycles. The highest BCUT2D eigenvalue weighted by Crippen LogP contribution is 2.31. The zero-order chi connectivity index (χ0) is 26.6. The minimum atomic E-state index is -0.369. The molecule has 1 fully saturated rings. The number of amides is 1. The van der Waals surface area contributed by atoms with Gasteiger partial charge < -0.3 is 14.8 Å². The Hall–Kier alpha value is -3.75. The number of hydrogen-bond donors (Lipinski definition) is 1. The summed E-state index contributed by atoms with van der Waals surface area (Å²) in [5.41, 5.74) is 4.55. The standard InChI is InChI=1S/C29H30ClN5O3/c1-20(36)31-25-8-3-5-22(18-25)21-11-15-33(16-12-21)13-4-14-34-28-19-26(35(37)38)9-10-27(28)32-29(34)23-6-2-7-24(30)17-23/h2-3,5-10,17-19,21H,4,11-16H2,1H3,(H,31,36). The number of anilines is 1. The van der Waals surface area contributed by atoms with Gasteiger partial charge in [-0.25, -0.2) is 4.98 Å². The van der Waals surface area contributed by atoms with Gasteiger partial charge in [0.1, 0.15) is 5.82 Å². The van der Waals surface area contributed by atoms with E-state index in [2.05, 4.69) is 26.9 Å². The molecule has 3 aromatic carbocycles. The second kappa shape index (κ2) is 11.3. The minimum absolute atomic E-state index is 0.0564. The lowest BCUT2D eigenvalue weighted by atomic mass is 9.89. The molecule has 0 spiro atoms. The summed E-state index contributed by atoms with van der Waals surface area (Å²) < 4.78 is 2.08. The number of nitrogens with zero attached hydrogens (tertiary/aromatic N) is 4. The van der Waals surface area contributed by atoms with Crippen LogP contribution in [0.5, 0.6) is 0 Å². The summed E-state index contributed by atoms with van der Waals surface area (Å²) in [6.07, 6.45) is 3.03. The molecule has 2 heterocycles. The molecule has 1 aliphatic rings. The highest BCUT2D eigenvalue weighted by atomic mass is 35.5. The zero-order valence-corrected chi connectivity index (χ0v) is 22.0. The summed E-state index contributed by atoms with van der Waals surface area (Å²) in [6, 6.07) is 20.5. The maximum Gasteiger partial charge on any atom is 0.271 e. The second-order valence-electron chi connectivity index (χ2n) is 9.80. The minimum Gasteiger partial charge on any atom is -0.326 e. The summed E-state index contributed by atoms with van der Waals surface area (Å²) in [4.78, 5) is 29.7. The maximum atomic E-state index is 11.4. The van der Waals surface area contributed by atoms with Crippen LogP contribution in [0.2, 0.25) is 5.02 Å². The lowest BCUT2D eigenvalue weighted by Gasteiger charge is -2.32. The number of rotatable bonds is 8. The average molecular weight is 532 g/mol. The monoisotopic (exact) mass is 531 g/mol. The Bertz CT molecular complexity index is 1480. The first-order valence-electron chi connectivity index (χ1n) is 12.9. The van der Waals surface area contributed by atoms with E-state index in [0.29, 0.717) is 17.5 Å². The predicted octanol–water partition coefficient (Wildman–Crippen LogP) is 6.49. The summed E-state index contributed by atoms with van der Waals surface area (Å²) in [5, 5.41) is 14.9. The van der Waals surface area contributed by atoms with E-state index in [1.165, 1.54) is 18.6 Å². The molecule has 1 aliphatic heterocycles. The van der Waals surface area contributed by atoms with Gasteiger partial charge in [0.25, 0.3) is 5.69 Å². The van der Waals surface area contributed by atoms with E-state index in [4.69, 9.17) is 16.6 Å². The van der Waals surface area contributed by atoms with Gasteiger partial charge >= 0.3 is 0 Å². The Labute approximate surface area is 226 Å². The topological polar surface area (TPSA) is 93.3 Å². The van der Waals surface area contributed by atoms with Crippen LogP contribution in [0.1, 0.15) is 37.7 Å². The van der Waals surface area contributed by atoms with Gasteiger partial charge in [-0.2, -0.15) is 0 Å². The number of nitro benzene ring substituents is 1. The largest absolute Gasteiger partial charge is 0.326 e. The van der Waals surface area contributed by atoms with Gasteiger partial charge in [-0.05, 0) is 80.7 Å². The Kier molecular flexibility index (Phi) is 7.72. The smallest absolute Gasteiger partial charge is 0.271 e. The number of aryl methyl sites for hydroxylation is 1. The van der Waals surface area contributed by atoms with Crippen molar-refractivity contribution in [3.8, 4) is 11.4 Å². The lowest BCUT2D eigenvalue weighted by Crippen LogP contribution is -2.34. The number of carbonyl (C=O) groups is 1. The fourth-order valence-corrected chi connectivity index (χ4v) is 5.51. The van der Waals surface area contributed by atoms with Crippen LogP contribution < -0.4 is 5.32 Å². The van der Waals surface area contributed by atoms with Gasteiger partial charge in [0.05, 0.1) is 16.0 Å². The van der Waals surface area contributed by atoms with Crippen molar-refractivity contribution in [1.82, 2.24) is 14.5 Å². The van der Waals surface area contributed by atoms with Crippen molar-refractivity contribution in [1.29, 1.82) is 0 Å². The SMILES string of the molecule is CC(=O)Nc1cccc(C2CCN(CCCn3c(-c4cccc(Cl)c4)nc4ccc([N+](=O)[O-])cc43)CC2)c1. The van der Waals surface area contributed by atoms with E-state index < -0.39 is 0 Å². The summed E-state index contributed by atoms with van der Waals surface area (Å²) >= 11 is 6.25. The van der Waals surface area contributed by atoms with Crippen LogP contribution in [0, 0.1) is 10.1 Å². The zero-order valence-electron chi connectivity index (χ0n) is 21.3. The van der Waals surface area contributed by atoms with Gasteiger partial charge in [-0.3, -0.25) is 14.9 Å². The number of carbonyl (C=O) groups excluding carboxylic acids is 1. The number of imidazole rings is 1. The fourth-order valence-electron chi connectivity index (χ4n) is 5.31. The number of hydrogen-bond acceptors (Lipinski definition) is 5. The van der Waals surface area contributed by atoms with Gasteiger partial charge in [-0.15, -0.1) is 0 Å².